The molecule has 2 aliphatic rings. The molecular formula is C30H33Cl2N3O4. The highest BCUT2D eigenvalue weighted by molar-refractivity contribution is 6.45. The average molecular weight is 571 g/mol. The Morgan fingerprint density at radius 3 is 2.33 bits per heavy atom. The van der Waals surface area contributed by atoms with Crippen molar-refractivity contribution in [2.75, 3.05) is 25.0 Å². The number of anilines is 1. The van der Waals surface area contributed by atoms with Crippen LogP contribution in [0.15, 0.2) is 42.5 Å². The molecule has 9 heteroatoms. The number of aryl methyl sites for hydroxylation is 1. The Morgan fingerprint density at radius 1 is 0.974 bits per heavy atom. The summed E-state index contributed by atoms with van der Waals surface area (Å²) in [6.45, 7) is 3.71. The largest absolute Gasteiger partial charge is 0.455 e. The Labute approximate surface area is 238 Å². The van der Waals surface area contributed by atoms with Crippen molar-refractivity contribution in [2.45, 2.75) is 57.9 Å². The molecule has 0 atom stereocenters. The Kier molecular flexibility index (Phi) is 8.48. The maximum atomic E-state index is 13.1. The van der Waals surface area contributed by atoms with E-state index in [-0.39, 0.29) is 30.3 Å². The highest BCUT2D eigenvalue weighted by Gasteiger charge is 2.27. The predicted octanol–water partition coefficient (Wildman–Crippen LogP) is 6.66. The molecule has 1 saturated heterocycles. The van der Waals surface area contributed by atoms with Gasteiger partial charge in [0.15, 0.2) is 6.61 Å². The van der Waals surface area contributed by atoms with Gasteiger partial charge in [-0.05, 0) is 74.4 Å². The molecule has 0 spiro atoms. The van der Waals surface area contributed by atoms with Crippen LogP contribution >= 0.6 is 23.2 Å². The molecule has 1 aromatic heterocycles. The first-order chi connectivity index (χ1) is 18.9. The van der Waals surface area contributed by atoms with Crippen molar-refractivity contribution >= 4 is 57.6 Å². The van der Waals surface area contributed by atoms with Crippen LogP contribution in [-0.4, -0.2) is 46.9 Å². The molecule has 0 bridgehead atoms. The molecule has 0 unspecified atom stereocenters. The number of hydrogen-bond donors (Lipinski definition) is 1. The number of ether oxygens (including phenoxy) is 1. The fourth-order valence-corrected chi connectivity index (χ4v) is 6.18. The zero-order valence-corrected chi connectivity index (χ0v) is 23.6. The minimum Gasteiger partial charge on any atom is -0.455 e. The molecule has 2 amide bonds. The second-order valence-corrected chi connectivity index (χ2v) is 11.2. The van der Waals surface area contributed by atoms with Gasteiger partial charge < -0.3 is 19.5 Å². The topological polar surface area (TPSA) is 80.6 Å². The smallest absolute Gasteiger partial charge is 0.309 e. The Morgan fingerprint density at radius 2 is 1.67 bits per heavy atom. The third-order valence-electron chi connectivity index (χ3n) is 8.04. The van der Waals surface area contributed by atoms with Gasteiger partial charge in [-0.1, -0.05) is 48.2 Å². The second kappa shape index (κ2) is 12.0. The quantitative estimate of drug-likeness (QED) is 0.322. The third kappa shape index (κ3) is 5.94. The van der Waals surface area contributed by atoms with Gasteiger partial charge in [-0.2, -0.15) is 0 Å². The number of hydrogen-bond acceptors (Lipinski definition) is 4. The van der Waals surface area contributed by atoms with Gasteiger partial charge in [-0.3, -0.25) is 14.4 Å². The molecule has 206 valence electrons. The number of rotatable bonds is 7. The maximum Gasteiger partial charge on any atom is 0.309 e. The van der Waals surface area contributed by atoms with Gasteiger partial charge in [0.05, 0.1) is 21.5 Å². The number of nitrogens with zero attached hydrogens (tertiary/aromatic N) is 2. The number of nitrogens with one attached hydrogen (secondary N) is 1. The number of likely N-dealkylation sites (tertiary alicyclic amines) is 1. The SMILES string of the molecule is CCn1c(C(=O)Nc2ccc(C3CCN(C(=O)COC(=O)C4CCCC4)CC3)cc2)cc2c(Cl)c(Cl)ccc21. The number of halogens is 2. The number of aromatic nitrogens is 1. The number of amides is 2. The number of esters is 1. The van der Waals surface area contributed by atoms with Crippen LogP contribution in [0.25, 0.3) is 10.9 Å². The summed E-state index contributed by atoms with van der Waals surface area (Å²) in [6.07, 6.45) is 5.54. The summed E-state index contributed by atoms with van der Waals surface area (Å²) in [5, 5.41) is 4.64. The fraction of sp³-hybridized carbons (Fsp3) is 0.433. The molecule has 1 aliphatic carbocycles. The van der Waals surface area contributed by atoms with E-state index in [1.54, 1.807) is 17.0 Å². The lowest BCUT2D eigenvalue weighted by Crippen LogP contribution is -2.40. The monoisotopic (exact) mass is 569 g/mol. The van der Waals surface area contributed by atoms with Crippen molar-refractivity contribution < 1.29 is 19.1 Å². The number of carbonyl (C=O) groups excluding carboxylic acids is 3. The summed E-state index contributed by atoms with van der Waals surface area (Å²) in [5.41, 5.74) is 3.27. The van der Waals surface area contributed by atoms with Crippen LogP contribution in [0.2, 0.25) is 10.0 Å². The van der Waals surface area contributed by atoms with Gasteiger partial charge in [0, 0.05) is 30.7 Å². The molecule has 1 aliphatic heterocycles. The van der Waals surface area contributed by atoms with E-state index in [4.69, 9.17) is 27.9 Å². The molecule has 3 aromatic rings. The summed E-state index contributed by atoms with van der Waals surface area (Å²) >= 11 is 12.6. The Balaban J connectivity index is 1.15. The molecule has 0 radical (unpaired) electrons. The van der Waals surface area contributed by atoms with Crippen LogP contribution in [0.1, 0.15) is 67.4 Å². The highest BCUT2D eigenvalue weighted by atomic mass is 35.5. The van der Waals surface area contributed by atoms with Crippen molar-refractivity contribution in [3.63, 3.8) is 0 Å². The molecule has 2 aromatic carbocycles. The maximum absolute atomic E-state index is 13.1. The van der Waals surface area contributed by atoms with E-state index in [2.05, 4.69) is 5.32 Å². The van der Waals surface area contributed by atoms with Crippen LogP contribution in [0.3, 0.4) is 0 Å². The van der Waals surface area contributed by atoms with Crippen LogP contribution in [-0.2, 0) is 20.9 Å². The summed E-state index contributed by atoms with van der Waals surface area (Å²) in [5.74, 6) is -0.272. The van der Waals surface area contributed by atoms with E-state index in [0.29, 0.717) is 47.0 Å². The normalized spacial score (nSPS) is 16.5. The first kappa shape index (κ1) is 27.5. The lowest BCUT2D eigenvalue weighted by molar-refractivity contribution is -0.155. The van der Waals surface area contributed by atoms with Crippen molar-refractivity contribution in [3.05, 3.63) is 63.8 Å². The van der Waals surface area contributed by atoms with Gasteiger partial charge in [0.1, 0.15) is 5.69 Å². The van der Waals surface area contributed by atoms with Gasteiger partial charge in [-0.15, -0.1) is 0 Å². The lowest BCUT2D eigenvalue weighted by Gasteiger charge is -2.32. The molecule has 1 saturated carbocycles. The molecule has 2 fully saturated rings. The second-order valence-electron chi connectivity index (χ2n) is 10.4. The first-order valence-corrected chi connectivity index (χ1v) is 14.4. The van der Waals surface area contributed by atoms with Crippen LogP contribution in [0.5, 0.6) is 0 Å². The number of fused-ring (bicyclic) bond motifs is 1. The van der Waals surface area contributed by atoms with E-state index >= 15 is 0 Å². The van der Waals surface area contributed by atoms with Crippen molar-refractivity contribution in [3.8, 4) is 0 Å². The minimum absolute atomic E-state index is 0.0364. The number of piperidine rings is 1. The number of carbonyl (C=O) groups is 3. The standard InChI is InChI=1S/C30H33Cl2N3O4/c1-2-35-25-12-11-24(31)28(32)23(25)17-26(35)29(37)33-22-9-7-19(8-10-22)20-13-15-34(16-14-20)27(36)18-39-30(38)21-5-3-4-6-21/h7-12,17,20-21H,2-6,13-16,18H2,1H3,(H,33,37). The van der Waals surface area contributed by atoms with Gasteiger partial charge in [-0.25, -0.2) is 0 Å². The molecule has 1 N–H and O–H groups in total. The molecule has 5 rings (SSSR count). The zero-order valence-electron chi connectivity index (χ0n) is 22.1. The zero-order chi connectivity index (χ0) is 27.5. The molecular weight excluding hydrogens is 537 g/mol. The Hall–Kier alpha value is -3.03. The fourth-order valence-electron chi connectivity index (χ4n) is 5.80. The van der Waals surface area contributed by atoms with E-state index in [9.17, 15) is 14.4 Å². The van der Waals surface area contributed by atoms with Gasteiger partial charge in [0.2, 0.25) is 0 Å². The average Bonchev–Trinajstić information content (AvgIpc) is 3.63. The summed E-state index contributed by atoms with van der Waals surface area (Å²) < 4.78 is 7.22. The van der Waals surface area contributed by atoms with E-state index < -0.39 is 0 Å². The van der Waals surface area contributed by atoms with Crippen molar-refractivity contribution in [1.29, 1.82) is 0 Å². The summed E-state index contributed by atoms with van der Waals surface area (Å²) in [7, 11) is 0. The molecule has 39 heavy (non-hydrogen) atoms. The van der Waals surface area contributed by atoms with Crippen LogP contribution < -0.4 is 5.32 Å². The van der Waals surface area contributed by atoms with E-state index in [0.717, 1.165) is 49.4 Å². The summed E-state index contributed by atoms with van der Waals surface area (Å²) in [4.78, 5) is 39.6. The predicted molar refractivity (Wildman–Crippen MR) is 153 cm³/mol. The first-order valence-electron chi connectivity index (χ1n) is 13.7. The van der Waals surface area contributed by atoms with E-state index in [1.165, 1.54) is 5.56 Å². The highest BCUT2D eigenvalue weighted by Crippen LogP contribution is 2.34. The Bertz CT molecular complexity index is 1370. The number of benzene rings is 2. The van der Waals surface area contributed by atoms with Crippen LogP contribution in [0, 0.1) is 5.92 Å². The van der Waals surface area contributed by atoms with Gasteiger partial charge in [0.25, 0.3) is 11.8 Å². The molecule has 7 nitrogen and oxygen atoms in total. The van der Waals surface area contributed by atoms with Crippen molar-refractivity contribution in [2.24, 2.45) is 5.92 Å². The van der Waals surface area contributed by atoms with E-state index in [1.807, 2.05) is 41.8 Å². The van der Waals surface area contributed by atoms with Crippen molar-refractivity contribution in [1.82, 2.24) is 9.47 Å². The molecule has 2 heterocycles. The lowest BCUT2D eigenvalue weighted by atomic mass is 9.89. The third-order valence-corrected chi connectivity index (χ3v) is 8.85. The summed E-state index contributed by atoms with van der Waals surface area (Å²) in [6, 6.07) is 13.3. The van der Waals surface area contributed by atoms with Crippen LogP contribution in [0.4, 0.5) is 5.69 Å². The minimum atomic E-state index is -0.229. The van der Waals surface area contributed by atoms with Gasteiger partial charge >= 0.3 is 5.97 Å².